The lowest BCUT2D eigenvalue weighted by Crippen LogP contribution is -2.40. The minimum atomic E-state index is 0.0681. The minimum Gasteiger partial charge on any atom is -0.507 e. The van der Waals surface area contributed by atoms with E-state index in [4.69, 9.17) is 0 Å². The molecule has 0 heterocycles. The first-order valence-corrected chi connectivity index (χ1v) is 8.82. The first-order chi connectivity index (χ1) is 10.1. The van der Waals surface area contributed by atoms with Crippen molar-refractivity contribution in [2.45, 2.75) is 43.5 Å². The van der Waals surface area contributed by atoms with Crippen molar-refractivity contribution in [3.8, 4) is 5.75 Å². The molecule has 4 heteroatoms. The average Bonchev–Trinajstić information content (AvgIpc) is 3.09. The average molecular weight is 305 g/mol. The number of phenols is 1. The van der Waals surface area contributed by atoms with Crippen LogP contribution in [0, 0.1) is 17.8 Å². The van der Waals surface area contributed by atoms with E-state index in [-0.39, 0.29) is 17.7 Å². The van der Waals surface area contributed by atoms with Gasteiger partial charge in [0.15, 0.2) is 0 Å². The molecule has 1 aromatic carbocycles. The normalized spacial score (nSPS) is 28.5. The summed E-state index contributed by atoms with van der Waals surface area (Å²) < 4.78 is 0. The molecular weight excluding hydrogens is 282 g/mol. The third-order valence-electron chi connectivity index (χ3n) is 5.05. The SMILES string of the molecule is CC(NC(=O)CSc1ccccc1O)C1CC2CCC1C2. The van der Waals surface area contributed by atoms with Crippen LogP contribution in [0.15, 0.2) is 29.2 Å². The summed E-state index contributed by atoms with van der Waals surface area (Å²) in [6.07, 6.45) is 5.41. The Morgan fingerprint density at radius 2 is 2.19 bits per heavy atom. The number of hydrogen-bond acceptors (Lipinski definition) is 3. The van der Waals surface area contributed by atoms with Gasteiger partial charge in [-0.05, 0) is 56.1 Å². The Kier molecular flexibility index (Phi) is 4.43. The van der Waals surface area contributed by atoms with Gasteiger partial charge in [0.25, 0.3) is 0 Å². The molecule has 3 nitrogen and oxygen atoms in total. The van der Waals surface area contributed by atoms with Crippen molar-refractivity contribution in [2.75, 3.05) is 5.75 Å². The number of thioether (sulfide) groups is 1. The smallest absolute Gasteiger partial charge is 0.230 e. The number of carbonyl (C=O) groups excluding carboxylic acids is 1. The Labute approximate surface area is 130 Å². The van der Waals surface area contributed by atoms with Crippen molar-refractivity contribution >= 4 is 17.7 Å². The van der Waals surface area contributed by atoms with Gasteiger partial charge >= 0.3 is 0 Å². The van der Waals surface area contributed by atoms with E-state index >= 15 is 0 Å². The highest BCUT2D eigenvalue weighted by atomic mass is 32.2. The van der Waals surface area contributed by atoms with Gasteiger partial charge in [0.05, 0.1) is 5.75 Å². The Morgan fingerprint density at radius 1 is 1.38 bits per heavy atom. The molecule has 2 fully saturated rings. The molecule has 2 aliphatic rings. The maximum Gasteiger partial charge on any atom is 0.230 e. The summed E-state index contributed by atoms with van der Waals surface area (Å²) in [5.41, 5.74) is 0. The minimum absolute atomic E-state index is 0.0681. The van der Waals surface area contributed by atoms with Gasteiger partial charge in [-0.1, -0.05) is 18.6 Å². The van der Waals surface area contributed by atoms with E-state index in [0.29, 0.717) is 11.7 Å². The van der Waals surface area contributed by atoms with E-state index in [0.717, 1.165) is 16.7 Å². The number of hydrogen-bond donors (Lipinski definition) is 2. The first-order valence-electron chi connectivity index (χ1n) is 7.83. The number of rotatable bonds is 5. The number of benzene rings is 1. The van der Waals surface area contributed by atoms with Crippen molar-refractivity contribution in [3.05, 3.63) is 24.3 Å². The van der Waals surface area contributed by atoms with Crippen LogP contribution in [0.1, 0.15) is 32.6 Å². The van der Waals surface area contributed by atoms with Crippen LogP contribution in [-0.2, 0) is 4.79 Å². The van der Waals surface area contributed by atoms with Crippen molar-refractivity contribution < 1.29 is 9.90 Å². The van der Waals surface area contributed by atoms with Crippen molar-refractivity contribution in [2.24, 2.45) is 17.8 Å². The summed E-state index contributed by atoms with van der Waals surface area (Å²) in [4.78, 5) is 12.9. The Morgan fingerprint density at radius 3 is 2.86 bits per heavy atom. The van der Waals surface area contributed by atoms with E-state index in [1.807, 2.05) is 12.1 Å². The number of amides is 1. The number of aromatic hydroxyl groups is 1. The largest absolute Gasteiger partial charge is 0.507 e. The summed E-state index contributed by atoms with van der Waals surface area (Å²) in [6.45, 7) is 2.15. The highest BCUT2D eigenvalue weighted by Gasteiger charge is 2.42. The first kappa shape index (κ1) is 14.8. The third kappa shape index (κ3) is 3.37. The van der Waals surface area contributed by atoms with Gasteiger partial charge in [-0.2, -0.15) is 0 Å². The molecule has 2 saturated carbocycles. The topological polar surface area (TPSA) is 49.3 Å². The van der Waals surface area contributed by atoms with Crippen LogP contribution >= 0.6 is 11.8 Å². The zero-order chi connectivity index (χ0) is 14.8. The third-order valence-corrected chi connectivity index (χ3v) is 6.11. The van der Waals surface area contributed by atoms with Gasteiger partial charge in [-0.15, -0.1) is 11.8 Å². The summed E-state index contributed by atoms with van der Waals surface area (Å²) in [6, 6.07) is 7.43. The molecule has 0 spiro atoms. The summed E-state index contributed by atoms with van der Waals surface area (Å²) >= 11 is 1.39. The quantitative estimate of drug-likeness (QED) is 0.820. The molecule has 0 saturated heterocycles. The summed E-state index contributed by atoms with van der Waals surface area (Å²) in [7, 11) is 0. The lowest BCUT2D eigenvalue weighted by molar-refractivity contribution is -0.119. The van der Waals surface area contributed by atoms with Crippen molar-refractivity contribution in [1.29, 1.82) is 0 Å². The van der Waals surface area contributed by atoms with Gasteiger partial charge in [0, 0.05) is 10.9 Å². The zero-order valence-corrected chi connectivity index (χ0v) is 13.2. The van der Waals surface area contributed by atoms with E-state index < -0.39 is 0 Å². The molecule has 21 heavy (non-hydrogen) atoms. The molecule has 2 bridgehead atoms. The number of fused-ring (bicyclic) bond motifs is 2. The molecule has 114 valence electrons. The summed E-state index contributed by atoms with van der Waals surface area (Å²) in [5.74, 6) is 3.09. The molecule has 0 aliphatic heterocycles. The van der Waals surface area contributed by atoms with Crippen LogP contribution in [0.2, 0.25) is 0 Å². The number of para-hydroxylation sites is 1. The second-order valence-electron chi connectivity index (χ2n) is 6.45. The molecule has 4 atom stereocenters. The number of carbonyl (C=O) groups is 1. The fraction of sp³-hybridized carbons (Fsp3) is 0.588. The van der Waals surface area contributed by atoms with Crippen LogP contribution in [0.5, 0.6) is 5.75 Å². The molecular formula is C17H23NO2S. The lowest BCUT2D eigenvalue weighted by Gasteiger charge is -2.28. The predicted molar refractivity (Wildman–Crippen MR) is 85.4 cm³/mol. The fourth-order valence-corrected chi connectivity index (χ4v) is 4.79. The van der Waals surface area contributed by atoms with Crippen molar-refractivity contribution in [1.82, 2.24) is 5.32 Å². The van der Waals surface area contributed by atoms with E-state index in [9.17, 15) is 9.90 Å². The lowest BCUT2D eigenvalue weighted by atomic mass is 9.84. The molecule has 2 N–H and O–H groups in total. The molecule has 4 unspecified atom stereocenters. The second kappa shape index (κ2) is 6.30. The van der Waals surface area contributed by atoms with Crippen LogP contribution in [-0.4, -0.2) is 22.8 Å². The van der Waals surface area contributed by atoms with E-state index in [2.05, 4.69) is 12.2 Å². The standard InChI is InChI=1S/C17H23NO2S/c1-11(14-9-12-6-7-13(14)8-12)18-17(20)10-21-16-5-3-2-4-15(16)19/h2-5,11-14,19H,6-10H2,1H3,(H,18,20). The maximum absolute atomic E-state index is 12.1. The predicted octanol–water partition coefficient (Wildman–Crippen LogP) is 3.43. The molecule has 2 aliphatic carbocycles. The van der Waals surface area contributed by atoms with E-state index in [1.165, 1.54) is 37.4 Å². The number of phenolic OH excluding ortho intramolecular Hbond substituents is 1. The van der Waals surface area contributed by atoms with Crippen LogP contribution in [0.3, 0.4) is 0 Å². The van der Waals surface area contributed by atoms with Crippen LogP contribution < -0.4 is 5.32 Å². The van der Waals surface area contributed by atoms with Gasteiger partial charge in [-0.25, -0.2) is 0 Å². The zero-order valence-electron chi connectivity index (χ0n) is 12.4. The van der Waals surface area contributed by atoms with Crippen LogP contribution in [0.25, 0.3) is 0 Å². The Hall–Kier alpha value is -1.16. The maximum atomic E-state index is 12.1. The van der Waals surface area contributed by atoms with Gasteiger partial charge in [-0.3, -0.25) is 4.79 Å². The van der Waals surface area contributed by atoms with Crippen LogP contribution in [0.4, 0.5) is 0 Å². The Balaban J connectivity index is 1.47. The highest BCUT2D eigenvalue weighted by Crippen LogP contribution is 2.49. The van der Waals surface area contributed by atoms with Crippen molar-refractivity contribution in [3.63, 3.8) is 0 Å². The van der Waals surface area contributed by atoms with Gasteiger partial charge in [0.1, 0.15) is 5.75 Å². The summed E-state index contributed by atoms with van der Waals surface area (Å²) in [5, 5.41) is 12.9. The van der Waals surface area contributed by atoms with E-state index in [1.54, 1.807) is 12.1 Å². The van der Waals surface area contributed by atoms with Gasteiger partial charge in [0.2, 0.25) is 5.91 Å². The molecule has 3 rings (SSSR count). The molecule has 1 aromatic rings. The molecule has 0 aromatic heterocycles. The highest BCUT2D eigenvalue weighted by molar-refractivity contribution is 8.00. The molecule has 1 amide bonds. The Bertz CT molecular complexity index is 519. The number of nitrogens with one attached hydrogen (secondary N) is 1. The molecule has 0 radical (unpaired) electrons. The monoisotopic (exact) mass is 305 g/mol. The fourth-order valence-electron chi connectivity index (χ4n) is 4.03. The second-order valence-corrected chi connectivity index (χ2v) is 7.47. The van der Waals surface area contributed by atoms with Gasteiger partial charge < -0.3 is 10.4 Å².